The minimum absolute atomic E-state index is 0.257. The molecule has 0 bridgehead atoms. The molecule has 0 aliphatic carbocycles. The van der Waals surface area contributed by atoms with Gasteiger partial charge in [-0.05, 0) is 70.7 Å². The van der Waals surface area contributed by atoms with Crippen LogP contribution in [0.3, 0.4) is 0 Å². The molecule has 0 unspecified atom stereocenters. The van der Waals surface area contributed by atoms with Gasteiger partial charge in [0.2, 0.25) is 0 Å². The number of nitrogens with one attached hydrogen (secondary N) is 1. The predicted octanol–water partition coefficient (Wildman–Crippen LogP) is 4.54. The van der Waals surface area contributed by atoms with Crippen molar-refractivity contribution in [2.45, 2.75) is 26.0 Å². The molecule has 0 radical (unpaired) electrons. The minimum atomic E-state index is 0.257. The van der Waals surface area contributed by atoms with Crippen LogP contribution in [0.15, 0.2) is 46.9 Å². The van der Waals surface area contributed by atoms with E-state index in [4.69, 9.17) is 21.4 Å². The third kappa shape index (κ3) is 6.51. The first-order valence-corrected chi connectivity index (χ1v) is 8.83. The summed E-state index contributed by atoms with van der Waals surface area (Å²) in [6.45, 7) is 2.48. The molecule has 0 aliphatic heterocycles. The molecule has 0 spiro atoms. The summed E-state index contributed by atoms with van der Waals surface area (Å²) in [7, 11) is 0. The Balaban J connectivity index is 1.82. The van der Waals surface area contributed by atoms with Crippen LogP contribution >= 0.6 is 27.5 Å². The van der Waals surface area contributed by atoms with E-state index in [2.05, 4.69) is 33.4 Å². The van der Waals surface area contributed by atoms with Gasteiger partial charge in [0.05, 0.1) is 4.47 Å². The average molecular weight is 399 g/mol. The van der Waals surface area contributed by atoms with Crippen LogP contribution < -0.4 is 10.1 Å². The Morgan fingerprint density at radius 3 is 2.48 bits per heavy atom. The van der Waals surface area contributed by atoms with E-state index in [1.165, 1.54) is 5.56 Å². The van der Waals surface area contributed by atoms with E-state index in [0.717, 1.165) is 46.7 Å². The quantitative estimate of drug-likeness (QED) is 0.609. The highest BCUT2D eigenvalue weighted by molar-refractivity contribution is 9.10. The normalized spacial score (nSPS) is 10.7. The average Bonchev–Trinajstić information content (AvgIpc) is 2.55. The van der Waals surface area contributed by atoms with Crippen molar-refractivity contribution in [2.24, 2.45) is 0 Å². The number of halogens is 2. The smallest absolute Gasteiger partial charge is 0.134 e. The van der Waals surface area contributed by atoms with Gasteiger partial charge in [0.1, 0.15) is 12.4 Å². The van der Waals surface area contributed by atoms with Gasteiger partial charge in [-0.25, -0.2) is 0 Å². The van der Waals surface area contributed by atoms with Crippen LogP contribution in [0.2, 0.25) is 5.02 Å². The number of aliphatic hydroxyl groups is 1. The van der Waals surface area contributed by atoms with Gasteiger partial charge in [-0.15, -0.1) is 0 Å². The van der Waals surface area contributed by atoms with Gasteiger partial charge in [-0.3, -0.25) is 0 Å². The van der Waals surface area contributed by atoms with Crippen molar-refractivity contribution < 1.29 is 9.84 Å². The van der Waals surface area contributed by atoms with Crippen LogP contribution in [0.4, 0.5) is 0 Å². The predicted molar refractivity (Wildman–Crippen MR) is 98.0 cm³/mol. The Labute approximate surface area is 150 Å². The lowest BCUT2D eigenvalue weighted by Crippen LogP contribution is -2.15. The molecule has 5 heteroatoms. The van der Waals surface area contributed by atoms with Crippen molar-refractivity contribution in [1.29, 1.82) is 0 Å². The molecule has 0 atom stereocenters. The summed E-state index contributed by atoms with van der Waals surface area (Å²) >= 11 is 9.43. The molecule has 2 aromatic carbocycles. The standard InChI is InChI=1S/C18H21BrClNO2/c19-17-11-15(12-21-9-1-2-10-22)5-8-18(17)23-13-14-3-6-16(20)7-4-14/h3-8,11,21-22H,1-2,9-10,12-13H2. The molecule has 124 valence electrons. The highest BCUT2D eigenvalue weighted by atomic mass is 79.9. The van der Waals surface area contributed by atoms with Crippen LogP contribution in [-0.4, -0.2) is 18.3 Å². The fraction of sp³-hybridized carbons (Fsp3) is 0.333. The molecule has 2 aromatic rings. The first-order valence-electron chi connectivity index (χ1n) is 7.66. The third-order valence-electron chi connectivity index (χ3n) is 3.39. The van der Waals surface area contributed by atoms with E-state index in [1.807, 2.05) is 30.3 Å². The van der Waals surface area contributed by atoms with Crippen molar-refractivity contribution in [3.63, 3.8) is 0 Å². The zero-order valence-corrected chi connectivity index (χ0v) is 15.2. The molecule has 3 nitrogen and oxygen atoms in total. The monoisotopic (exact) mass is 397 g/mol. The molecule has 0 heterocycles. The first kappa shape index (κ1) is 18.3. The molecule has 0 saturated heterocycles. The molecular formula is C18H21BrClNO2. The van der Waals surface area contributed by atoms with Crippen LogP contribution in [-0.2, 0) is 13.2 Å². The lowest BCUT2D eigenvalue weighted by molar-refractivity contribution is 0.283. The largest absolute Gasteiger partial charge is 0.488 e. The summed E-state index contributed by atoms with van der Waals surface area (Å²) in [5.74, 6) is 0.823. The highest BCUT2D eigenvalue weighted by Gasteiger charge is 2.04. The lowest BCUT2D eigenvalue weighted by atomic mass is 10.2. The second-order valence-corrected chi connectivity index (χ2v) is 6.58. The Hall–Kier alpha value is -1.07. The van der Waals surface area contributed by atoms with Crippen LogP contribution in [0.5, 0.6) is 5.75 Å². The summed E-state index contributed by atoms with van der Waals surface area (Å²) in [5.41, 5.74) is 2.27. The van der Waals surface area contributed by atoms with Gasteiger partial charge in [0.15, 0.2) is 0 Å². The number of rotatable bonds is 9. The van der Waals surface area contributed by atoms with E-state index < -0.39 is 0 Å². The number of benzene rings is 2. The molecule has 2 N–H and O–H groups in total. The van der Waals surface area contributed by atoms with Gasteiger partial charge in [-0.1, -0.05) is 29.8 Å². The zero-order valence-electron chi connectivity index (χ0n) is 12.9. The van der Waals surface area contributed by atoms with Crippen molar-refractivity contribution in [3.05, 3.63) is 63.1 Å². The lowest BCUT2D eigenvalue weighted by Gasteiger charge is -2.11. The van der Waals surface area contributed by atoms with E-state index in [1.54, 1.807) is 0 Å². The molecule has 0 fully saturated rings. The topological polar surface area (TPSA) is 41.5 Å². The van der Waals surface area contributed by atoms with Crippen LogP contribution in [0, 0.1) is 0 Å². The van der Waals surface area contributed by atoms with Crippen molar-refractivity contribution in [1.82, 2.24) is 5.32 Å². The van der Waals surface area contributed by atoms with E-state index in [-0.39, 0.29) is 6.61 Å². The van der Waals surface area contributed by atoms with Crippen LogP contribution in [0.25, 0.3) is 0 Å². The zero-order chi connectivity index (χ0) is 16.5. The van der Waals surface area contributed by atoms with Gasteiger partial charge in [0, 0.05) is 18.2 Å². The fourth-order valence-electron chi connectivity index (χ4n) is 2.11. The Morgan fingerprint density at radius 1 is 1.04 bits per heavy atom. The second-order valence-electron chi connectivity index (χ2n) is 5.29. The maximum atomic E-state index is 8.74. The number of hydrogen-bond acceptors (Lipinski definition) is 3. The molecule has 0 aromatic heterocycles. The van der Waals surface area contributed by atoms with Crippen molar-refractivity contribution in [2.75, 3.05) is 13.2 Å². The van der Waals surface area contributed by atoms with Gasteiger partial charge < -0.3 is 15.2 Å². The number of ether oxygens (including phenoxy) is 1. The molecule has 0 aliphatic rings. The molecule has 0 amide bonds. The second kappa shape index (κ2) is 9.93. The SMILES string of the molecule is OCCCCNCc1ccc(OCc2ccc(Cl)cc2)c(Br)c1. The number of hydrogen-bond donors (Lipinski definition) is 2. The molecule has 0 saturated carbocycles. The van der Waals surface area contributed by atoms with Crippen molar-refractivity contribution >= 4 is 27.5 Å². The Kier molecular flexibility index (Phi) is 7.89. The summed E-state index contributed by atoms with van der Waals surface area (Å²) < 4.78 is 6.78. The number of aliphatic hydroxyl groups excluding tert-OH is 1. The van der Waals surface area contributed by atoms with Crippen LogP contribution in [0.1, 0.15) is 24.0 Å². The van der Waals surface area contributed by atoms with E-state index >= 15 is 0 Å². The van der Waals surface area contributed by atoms with E-state index in [0.29, 0.717) is 6.61 Å². The Morgan fingerprint density at radius 2 is 1.78 bits per heavy atom. The highest BCUT2D eigenvalue weighted by Crippen LogP contribution is 2.27. The minimum Gasteiger partial charge on any atom is -0.488 e. The van der Waals surface area contributed by atoms with Gasteiger partial charge in [0.25, 0.3) is 0 Å². The van der Waals surface area contributed by atoms with Crippen molar-refractivity contribution in [3.8, 4) is 5.75 Å². The fourth-order valence-corrected chi connectivity index (χ4v) is 2.77. The summed E-state index contributed by atoms with van der Waals surface area (Å²) in [5, 5.41) is 12.8. The van der Waals surface area contributed by atoms with Gasteiger partial charge >= 0.3 is 0 Å². The molecule has 23 heavy (non-hydrogen) atoms. The molecule has 2 rings (SSSR count). The maximum absolute atomic E-state index is 8.74. The maximum Gasteiger partial charge on any atom is 0.134 e. The van der Waals surface area contributed by atoms with E-state index in [9.17, 15) is 0 Å². The summed E-state index contributed by atoms with van der Waals surface area (Å²) in [6.07, 6.45) is 1.83. The molecular weight excluding hydrogens is 378 g/mol. The summed E-state index contributed by atoms with van der Waals surface area (Å²) in [6, 6.07) is 13.7. The summed E-state index contributed by atoms with van der Waals surface area (Å²) in [4.78, 5) is 0. The van der Waals surface area contributed by atoms with Gasteiger partial charge in [-0.2, -0.15) is 0 Å². The Bertz CT molecular complexity index is 604. The first-order chi connectivity index (χ1) is 11.2. The number of unbranched alkanes of at least 4 members (excludes halogenated alkanes) is 1. The third-order valence-corrected chi connectivity index (χ3v) is 4.27.